The Hall–Kier alpha value is -3.48. The molecule has 2 aromatic carbocycles. The molecule has 1 aliphatic rings. The number of para-hydroxylation sites is 1. The zero-order valence-corrected chi connectivity index (χ0v) is 17.6. The Balaban J connectivity index is 1.60. The first-order chi connectivity index (χ1) is 15.2. The quantitative estimate of drug-likeness (QED) is 0.574. The largest absolute Gasteiger partial charge is 0.466 e. The van der Waals surface area contributed by atoms with Crippen LogP contribution in [-0.2, 0) is 16.0 Å². The Bertz CT molecular complexity index is 1030. The molecule has 7 heteroatoms. The maximum absolute atomic E-state index is 13.2. The summed E-state index contributed by atoms with van der Waals surface area (Å²) in [6.45, 7) is 3.06. The minimum absolute atomic E-state index is 0.152. The summed E-state index contributed by atoms with van der Waals surface area (Å²) in [5.74, 6) is 0.0576. The van der Waals surface area contributed by atoms with Crippen molar-refractivity contribution in [2.45, 2.75) is 26.2 Å². The van der Waals surface area contributed by atoms with Crippen LogP contribution in [0.4, 0.5) is 0 Å². The monoisotopic (exact) mass is 418 g/mol. The molecule has 0 spiro atoms. The second-order valence-corrected chi connectivity index (χ2v) is 7.60. The molecule has 1 saturated heterocycles. The van der Waals surface area contributed by atoms with Gasteiger partial charge in [0, 0.05) is 19.5 Å². The minimum Gasteiger partial charge on any atom is -0.466 e. The SMILES string of the molecule is CCOC(=O)C1CCCN(C(=O)c2nc(Cc3ccccc3)n(-c3ccccc3)n2)C1. The lowest BCUT2D eigenvalue weighted by atomic mass is 9.98. The number of hydrogen-bond donors (Lipinski definition) is 0. The van der Waals surface area contributed by atoms with Gasteiger partial charge in [0.15, 0.2) is 0 Å². The van der Waals surface area contributed by atoms with Crippen LogP contribution in [-0.4, -0.2) is 51.2 Å². The summed E-state index contributed by atoms with van der Waals surface area (Å²) in [5.41, 5.74) is 1.94. The molecule has 1 amide bonds. The predicted octanol–water partition coefficient (Wildman–Crippen LogP) is 3.27. The molecule has 160 valence electrons. The summed E-state index contributed by atoms with van der Waals surface area (Å²) in [6.07, 6.45) is 2.04. The van der Waals surface area contributed by atoms with Gasteiger partial charge in [-0.1, -0.05) is 48.5 Å². The van der Waals surface area contributed by atoms with Crippen LogP contribution in [0.15, 0.2) is 60.7 Å². The molecule has 3 aromatic rings. The molecule has 31 heavy (non-hydrogen) atoms. The number of piperidine rings is 1. The van der Waals surface area contributed by atoms with Crippen molar-refractivity contribution >= 4 is 11.9 Å². The number of hydrogen-bond acceptors (Lipinski definition) is 5. The van der Waals surface area contributed by atoms with Gasteiger partial charge in [-0.15, -0.1) is 5.10 Å². The number of carbonyl (C=O) groups is 2. The molecule has 0 saturated carbocycles. The highest BCUT2D eigenvalue weighted by Gasteiger charge is 2.31. The first kappa shape index (κ1) is 20.8. The summed E-state index contributed by atoms with van der Waals surface area (Å²) >= 11 is 0. The fraction of sp³-hybridized carbons (Fsp3) is 0.333. The molecule has 0 radical (unpaired) electrons. The van der Waals surface area contributed by atoms with Gasteiger partial charge in [0.1, 0.15) is 5.82 Å². The van der Waals surface area contributed by atoms with Crippen molar-refractivity contribution in [1.82, 2.24) is 19.7 Å². The molecule has 7 nitrogen and oxygen atoms in total. The summed E-state index contributed by atoms with van der Waals surface area (Å²) in [7, 11) is 0. The van der Waals surface area contributed by atoms with Crippen molar-refractivity contribution in [1.29, 1.82) is 0 Å². The van der Waals surface area contributed by atoms with Crippen molar-refractivity contribution in [3.8, 4) is 5.69 Å². The number of esters is 1. The number of rotatable bonds is 6. The maximum atomic E-state index is 13.2. The molecule has 1 fully saturated rings. The minimum atomic E-state index is -0.294. The average molecular weight is 418 g/mol. The standard InChI is InChI=1S/C24H26N4O3/c1-2-31-24(30)19-12-9-15-27(17-19)23(29)22-25-21(16-18-10-5-3-6-11-18)28(26-22)20-13-7-4-8-14-20/h3-8,10-11,13-14,19H,2,9,12,15-17H2,1H3. The lowest BCUT2D eigenvalue weighted by Gasteiger charge is -2.30. The van der Waals surface area contributed by atoms with E-state index in [4.69, 9.17) is 4.74 Å². The Morgan fingerprint density at radius 1 is 1.06 bits per heavy atom. The van der Waals surface area contributed by atoms with Gasteiger partial charge < -0.3 is 9.64 Å². The molecule has 0 bridgehead atoms. The number of ether oxygens (including phenoxy) is 1. The number of amides is 1. The van der Waals surface area contributed by atoms with E-state index < -0.39 is 0 Å². The van der Waals surface area contributed by atoms with Crippen molar-refractivity contribution in [3.63, 3.8) is 0 Å². The molecular weight excluding hydrogens is 392 g/mol. The average Bonchev–Trinajstić information content (AvgIpc) is 3.24. The van der Waals surface area contributed by atoms with E-state index in [-0.39, 0.29) is 23.6 Å². The summed E-state index contributed by atoms with van der Waals surface area (Å²) in [4.78, 5) is 31.6. The summed E-state index contributed by atoms with van der Waals surface area (Å²) in [5, 5.41) is 4.56. The van der Waals surface area contributed by atoms with E-state index in [1.54, 1.807) is 16.5 Å². The Morgan fingerprint density at radius 2 is 1.77 bits per heavy atom. The maximum Gasteiger partial charge on any atom is 0.310 e. The normalized spacial score (nSPS) is 16.2. The number of nitrogens with zero attached hydrogens (tertiary/aromatic N) is 4. The van der Waals surface area contributed by atoms with Crippen LogP contribution in [0.2, 0.25) is 0 Å². The molecule has 1 atom stereocenters. The van der Waals surface area contributed by atoms with Crippen LogP contribution in [0.1, 0.15) is 41.8 Å². The number of carbonyl (C=O) groups excluding carboxylic acids is 2. The number of likely N-dealkylation sites (tertiary alicyclic amines) is 1. The Labute approximate surface area is 181 Å². The van der Waals surface area contributed by atoms with Crippen LogP contribution in [0.25, 0.3) is 5.69 Å². The van der Waals surface area contributed by atoms with Gasteiger partial charge in [-0.05, 0) is 37.5 Å². The molecule has 1 aliphatic heterocycles. The highest BCUT2D eigenvalue weighted by atomic mass is 16.5. The van der Waals surface area contributed by atoms with E-state index in [9.17, 15) is 9.59 Å². The van der Waals surface area contributed by atoms with Crippen LogP contribution in [0.3, 0.4) is 0 Å². The fourth-order valence-electron chi connectivity index (χ4n) is 3.86. The van der Waals surface area contributed by atoms with E-state index in [0.717, 1.165) is 24.1 Å². The number of benzene rings is 2. The van der Waals surface area contributed by atoms with Crippen LogP contribution >= 0.6 is 0 Å². The summed E-state index contributed by atoms with van der Waals surface area (Å²) < 4.78 is 6.88. The number of aromatic nitrogens is 3. The van der Waals surface area contributed by atoms with Crippen molar-refractivity contribution in [3.05, 3.63) is 77.9 Å². The van der Waals surface area contributed by atoms with Gasteiger partial charge in [0.25, 0.3) is 5.91 Å². The van der Waals surface area contributed by atoms with Crippen molar-refractivity contribution in [2.24, 2.45) is 5.92 Å². The van der Waals surface area contributed by atoms with Gasteiger partial charge >= 0.3 is 5.97 Å². The van der Waals surface area contributed by atoms with E-state index >= 15 is 0 Å². The van der Waals surface area contributed by atoms with Crippen LogP contribution < -0.4 is 0 Å². The zero-order valence-electron chi connectivity index (χ0n) is 17.6. The Morgan fingerprint density at radius 3 is 2.48 bits per heavy atom. The van der Waals surface area contributed by atoms with Crippen molar-refractivity contribution < 1.29 is 14.3 Å². The summed E-state index contributed by atoms with van der Waals surface area (Å²) in [6, 6.07) is 19.7. The van der Waals surface area contributed by atoms with E-state index in [1.807, 2.05) is 60.7 Å². The lowest BCUT2D eigenvalue weighted by Crippen LogP contribution is -2.43. The third-order valence-electron chi connectivity index (χ3n) is 5.40. The van der Waals surface area contributed by atoms with Crippen LogP contribution in [0.5, 0.6) is 0 Å². The first-order valence-electron chi connectivity index (χ1n) is 10.7. The topological polar surface area (TPSA) is 77.3 Å². The second-order valence-electron chi connectivity index (χ2n) is 7.60. The second kappa shape index (κ2) is 9.55. The molecule has 1 aromatic heterocycles. The van der Waals surface area contributed by atoms with Gasteiger partial charge in [0.05, 0.1) is 18.2 Å². The molecule has 2 heterocycles. The molecule has 0 aliphatic carbocycles. The molecule has 1 unspecified atom stereocenters. The Kier molecular flexibility index (Phi) is 6.40. The zero-order chi connectivity index (χ0) is 21.6. The smallest absolute Gasteiger partial charge is 0.310 e. The van der Waals surface area contributed by atoms with E-state index in [1.165, 1.54) is 0 Å². The van der Waals surface area contributed by atoms with Crippen LogP contribution in [0, 0.1) is 5.92 Å². The van der Waals surface area contributed by atoms with E-state index in [2.05, 4.69) is 10.1 Å². The third-order valence-corrected chi connectivity index (χ3v) is 5.40. The van der Waals surface area contributed by atoms with E-state index in [0.29, 0.717) is 31.9 Å². The fourth-order valence-corrected chi connectivity index (χ4v) is 3.86. The highest BCUT2D eigenvalue weighted by molar-refractivity contribution is 5.91. The van der Waals surface area contributed by atoms with Gasteiger partial charge in [0.2, 0.25) is 5.82 Å². The molecule has 0 N–H and O–H groups in total. The predicted molar refractivity (Wildman–Crippen MR) is 116 cm³/mol. The van der Waals surface area contributed by atoms with Gasteiger partial charge in [-0.3, -0.25) is 9.59 Å². The highest BCUT2D eigenvalue weighted by Crippen LogP contribution is 2.20. The van der Waals surface area contributed by atoms with Crippen molar-refractivity contribution in [2.75, 3.05) is 19.7 Å². The molecule has 4 rings (SSSR count). The molecular formula is C24H26N4O3. The first-order valence-corrected chi connectivity index (χ1v) is 10.7. The van der Waals surface area contributed by atoms with Gasteiger partial charge in [-0.25, -0.2) is 9.67 Å². The third kappa shape index (κ3) is 4.82. The van der Waals surface area contributed by atoms with Gasteiger partial charge in [-0.2, -0.15) is 0 Å². The lowest BCUT2D eigenvalue weighted by molar-refractivity contribution is -0.149.